The number of carbonyl (C=O) groups is 3. The molecule has 2 N–H and O–H groups in total. The molecule has 0 spiro atoms. The van der Waals surface area contributed by atoms with Gasteiger partial charge in [-0.25, -0.2) is 4.79 Å². The monoisotopic (exact) mass is 465 g/mol. The van der Waals surface area contributed by atoms with Crippen molar-refractivity contribution in [2.24, 2.45) is 0 Å². The molecule has 1 aromatic carbocycles. The molecule has 0 aliphatic carbocycles. The molecular formula is C21H28BrN3O4. The second-order valence-electron chi connectivity index (χ2n) is 7.87. The number of hydrogen-bond acceptors (Lipinski definition) is 4. The SMILES string of the molecule is CC(C)(C)OC(=O)NCC(=O)N1CCC(NC(=O)/C=C/c2ccccc2Br)CC1. The van der Waals surface area contributed by atoms with Gasteiger partial charge in [-0.3, -0.25) is 9.59 Å². The van der Waals surface area contributed by atoms with Crippen molar-refractivity contribution in [3.05, 3.63) is 40.4 Å². The first-order chi connectivity index (χ1) is 13.6. The molecule has 8 heteroatoms. The molecule has 7 nitrogen and oxygen atoms in total. The number of piperidine rings is 1. The van der Waals surface area contributed by atoms with Gasteiger partial charge in [0.1, 0.15) is 12.1 Å². The largest absolute Gasteiger partial charge is 0.444 e. The zero-order valence-electron chi connectivity index (χ0n) is 17.0. The second-order valence-corrected chi connectivity index (χ2v) is 8.73. The van der Waals surface area contributed by atoms with Crippen molar-refractivity contribution in [1.29, 1.82) is 0 Å². The molecule has 1 fully saturated rings. The maximum Gasteiger partial charge on any atom is 0.408 e. The van der Waals surface area contributed by atoms with Gasteiger partial charge in [-0.05, 0) is 51.3 Å². The molecule has 0 bridgehead atoms. The lowest BCUT2D eigenvalue weighted by molar-refractivity contribution is -0.131. The Morgan fingerprint density at radius 3 is 2.48 bits per heavy atom. The minimum absolute atomic E-state index is 0.0224. The van der Waals surface area contributed by atoms with Crippen LogP contribution in [0.25, 0.3) is 6.08 Å². The molecule has 0 atom stereocenters. The van der Waals surface area contributed by atoms with Gasteiger partial charge in [0, 0.05) is 29.7 Å². The smallest absolute Gasteiger partial charge is 0.408 e. The second kappa shape index (κ2) is 10.4. The molecule has 0 saturated carbocycles. The Kier molecular flexibility index (Phi) is 8.25. The maximum absolute atomic E-state index is 12.2. The minimum Gasteiger partial charge on any atom is -0.444 e. The van der Waals surface area contributed by atoms with Crippen LogP contribution in [0.4, 0.5) is 4.79 Å². The topological polar surface area (TPSA) is 87.7 Å². The lowest BCUT2D eigenvalue weighted by Crippen LogP contribution is -2.49. The summed E-state index contributed by atoms with van der Waals surface area (Å²) in [5.74, 6) is -0.313. The van der Waals surface area contributed by atoms with E-state index in [-0.39, 0.29) is 24.4 Å². The first-order valence-corrected chi connectivity index (χ1v) is 10.4. The molecule has 0 radical (unpaired) electrons. The Morgan fingerprint density at radius 1 is 1.21 bits per heavy atom. The molecule has 1 aliphatic rings. The number of alkyl carbamates (subject to hydrolysis) is 1. The fourth-order valence-corrected chi connectivity index (χ4v) is 3.29. The number of nitrogens with zero attached hydrogens (tertiary/aromatic N) is 1. The summed E-state index contributed by atoms with van der Waals surface area (Å²) < 4.78 is 6.05. The molecule has 2 rings (SSSR count). The van der Waals surface area contributed by atoms with E-state index in [0.29, 0.717) is 25.9 Å². The Bertz CT molecular complexity index is 765. The number of nitrogens with one attached hydrogen (secondary N) is 2. The normalized spacial score (nSPS) is 15.2. The summed E-state index contributed by atoms with van der Waals surface area (Å²) in [5, 5.41) is 5.46. The van der Waals surface area contributed by atoms with Crippen LogP contribution in [0.3, 0.4) is 0 Å². The van der Waals surface area contributed by atoms with E-state index >= 15 is 0 Å². The number of rotatable bonds is 5. The number of hydrogen-bond donors (Lipinski definition) is 2. The Hall–Kier alpha value is -2.35. The fourth-order valence-electron chi connectivity index (χ4n) is 2.87. The Labute approximate surface area is 180 Å². The number of amides is 3. The number of benzene rings is 1. The highest BCUT2D eigenvalue weighted by Gasteiger charge is 2.24. The zero-order valence-corrected chi connectivity index (χ0v) is 18.6. The van der Waals surface area contributed by atoms with Crippen LogP contribution in [0.5, 0.6) is 0 Å². The quantitative estimate of drug-likeness (QED) is 0.653. The lowest BCUT2D eigenvalue weighted by atomic mass is 10.0. The lowest BCUT2D eigenvalue weighted by Gasteiger charge is -2.32. The fraction of sp³-hybridized carbons (Fsp3) is 0.476. The highest BCUT2D eigenvalue weighted by Crippen LogP contribution is 2.17. The van der Waals surface area contributed by atoms with E-state index in [4.69, 9.17) is 4.74 Å². The third-order valence-electron chi connectivity index (χ3n) is 4.30. The van der Waals surface area contributed by atoms with Crippen molar-refractivity contribution >= 4 is 39.9 Å². The van der Waals surface area contributed by atoms with Crippen molar-refractivity contribution < 1.29 is 19.1 Å². The molecule has 158 valence electrons. The summed E-state index contributed by atoms with van der Waals surface area (Å²) >= 11 is 3.45. The minimum atomic E-state index is -0.607. The summed E-state index contributed by atoms with van der Waals surface area (Å²) in [5.41, 5.74) is 0.329. The third-order valence-corrected chi connectivity index (χ3v) is 5.02. The molecule has 3 amide bonds. The Morgan fingerprint density at radius 2 is 1.86 bits per heavy atom. The molecule has 29 heavy (non-hydrogen) atoms. The van der Waals surface area contributed by atoms with Crippen LogP contribution in [0.1, 0.15) is 39.2 Å². The van der Waals surface area contributed by atoms with E-state index in [1.807, 2.05) is 24.3 Å². The van der Waals surface area contributed by atoms with Crippen LogP contribution in [0.15, 0.2) is 34.8 Å². The summed E-state index contributed by atoms with van der Waals surface area (Å²) in [7, 11) is 0. The van der Waals surface area contributed by atoms with Crippen molar-refractivity contribution in [1.82, 2.24) is 15.5 Å². The highest BCUT2D eigenvalue weighted by atomic mass is 79.9. The highest BCUT2D eigenvalue weighted by molar-refractivity contribution is 9.10. The van der Waals surface area contributed by atoms with E-state index < -0.39 is 11.7 Å². The van der Waals surface area contributed by atoms with Crippen molar-refractivity contribution in [3.8, 4) is 0 Å². The molecular weight excluding hydrogens is 438 g/mol. The standard InChI is InChI=1S/C21H28BrN3O4/c1-21(2,3)29-20(28)23-14-19(27)25-12-10-16(11-13-25)24-18(26)9-8-15-6-4-5-7-17(15)22/h4-9,16H,10-14H2,1-3H3,(H,23,28)(H,24,26)/b9-8+. The van der Waals surface area contributed by atoms with E-state index in [1.165, 1.54) is 6.08 Å². The zero-order chi connectivity index (χ0) is 21.4. The predicted octanol–water partition coefficient (Wildman–Crippen LogP) is 3.09. The molecule has 0 aromatic heterocycles. The molecule has 0 unspecified atom stereocenters. The molecule has 1 saturated heterocycles. The number of ether oxygens (including phenoxy) is 1. The van der Waals surface area contributed by atoms with Crippen LogP contribution in [0, 0.1) is 0 Å². The molecule has 1 aliphatic heterocycles. The van der Waals surface area contributed by atoms with E-state index in [2.05, 4.69) is 26.6 Å². The summed E-state index contributed by atoms with van der Waals surface area (Å²) in [4.78, 5) is 37.7. The van der Waals surface area contributed by atoms with Crippen molar-refractivity contribution in [3.63, 3.8) is 0 Å². The van der Waals surface area contributed by atoms with Crippen LogP contribution in [-0.4, -0.2) is 54.1 Å². The number of halogens is 1. The van der Waals surface area contributed by atoms with Gasteiger partial charge in [0.25, 0.3) is 0 Å². The Balaban J connectivity index is 1.71. The van der Waals surface area contributed by atoms with Gasteiger partial charge in [-0.2, -0.15) is 0 Å². The first-order valence-electron chi connectivity index (χ1n) is 9.62. The number of carbonyl (C=O) groups excluding carboxylic acids is 3. The average Bonchev–Trinajstić information content (AvgIpc) is 2.65. The van der Waals surface area contributed by atoms with Gasteiger partial charge in [0.2, 0.25) is 11.8 Å². The van der Waals surface area contributed by atoms with Gasteiger partial charge in [0.05, 0.1) is 0 Å². The molecule has 1 heterocycles. The molecule has 1 aromatic rings. The first kappa shape index (κ1) is 22.9. The van der Waals surface area contributed by atoms with Crippen molar-refractivity contribution in [2.75, 3.05) is 19.6 Å². The third kappa shape index (κ3) is 8.27. The average molecular weight is 466 g/mol. The predicted molar refractivity (Wildman–Crippen MR) is 115 cm³/mol. The van der Waals surface area contributed by atoms with E-state index in [1.54, 1.807) is 31.7 Å². The summed E-state index contributed by atoms with van der Waals surface area (Å²) in [6.07, 6.45) is 4.02. The van der Waals surface area contributed by atoms with E-state index in [9.17, 15) is 14.4 Å². The maximum atomic E-state index is 12.2. The summed E-state index contributed by atoms with van der Waals surface area (Å²) in [6.45, 7) is 6.27. The van der Waals surface area contributed by atoms with Gasteiger partial charge < -0.3 is 20.3 Å². The number of likely N-dealkylation sites (tertiary alicyclic amines) is 1. The summed E-state index contributed by atoms with van der Waals surface area (Å²) in [6, 6.07) is 7.69. The van der Waals surface area contributed by atoms with Crippen LogP contribution in [0.2, 0.25) is 0 Å². The van der Waals surface area contributed by atoms with Gasteiger partial charge in [-0.15, -0.1) is 0 Å². The van der Waals surface area contributed by atoms with Gasteiger partial charge in [0.15, 0.2) is 0 Å². The van der Waals surface area contributed by atoms with Crippen LogP contribution >= 0.6 is 15.9 Å². The van der Waals surface area contributed by atoms with Crippen LogP contribution in [-0.2, 0) is 14.3 Å². The van der Waals surface area contributed by atoms with Gasteiger partial charge >= 0.3 is 6.09 Å². The van der Waals surface area contributed by atoms with Crippen LogP contribution < -0.4 is 10.6 Å². The van der Waals surface area contributed by atoms with Gasteiger partial charge in [-0.1, -0.05) is 34.1 Å². The van der Waals surface area contributed by atoms with E-state index in [0.717, 1.165) is 10.0 Å². The van der Waals surface area contributed by atoms with Crippen molar-refractivity contribution in [2.45, 2.75) is 45.3 Å².